The van der Waals surface area contributed by atoms with Gasteiger partial charge in [0.2, 0.25) is 0 Å². The third kappa shape index (κ3) is 2.10. The van der Waals surface area contributed by atoms with Gasteiger partial charge in [-0.3, -0.25) is 14.8 Å². The van der Waals surface area contributed by atoms with Crippen molar-refractivity contribution in [1.29, 1.82) is 5.26 Å². The number of hydrogen-bond donors (Lipinski definition) is 0. The molecule has 0 N–H and O–H groups in total. The maximum Gasteiger partial charge on any atom is 0.312 e. The van der Waals surface area contributed by atoms with Crippen LogP contribution in [0.2, 0.25) is 0 Å². The van der Waals surface area contributed by atoms with E-state index >= 15 is 0 Å². The van der Waals surface area contributed by atoms with Crippen molar-refractivity contribution in [1.82, 2.24) is 9.78 Å². The van der Waals surface area contributed by atoms with Crippen LogP contribution in [0.5, 0.6) is 0 Å². The van der Waals surface area contributed by atoms with Crippen LogP contribution in [-0.2, 0) is 6.54 Å². The van der Waals surface area contributed by atoms with Gasteiger partial charge in [0.25, 0.3) is 0 Å². The molecule has 0 aliphatic rings. The monoisotopic (exact) mass is 262 g/mol. The van der Waals surface area contributed by atoms with Gasteiger partial charge in [0.05, 0.1) is 11.5 Å². The van der Waals surface area contributed by atoms with Crippen molar-refractivity contribution < 1.29 is 4.92 Å². The lowest BCUT2D eigenvalue weighted by molar-refractivity contribution is -0.386. The van der Waals surface area contributed by atoms with Gasteiger partial charge < -0.3 is 0 Å². The third-order valence-electron chi connectivity index (χ3n) is 2.60. The van der Waals surface area contributed by atoms with Crippen LogP contribution in [-0.4, -0.2) is 14.7 Å². The van der Waals surface area contributed by atoms with Crippen molar-refractivity contribution in [2.45, 2.75) is 20.4 Å². The largest absolute Gasteiger partial charge is 0.312 e. The number of aryl methyl sites for hydroxylation is 1. The molecule has 0 atom stereocenters. The molecule has 92 valence electrons. The summed E-state index contributed by atoms with van der Waals surface area (Å²) in [5.41, 5.74) is 1.01. The number of nitrogens with zero attached hydrogens (tertiary/aromatic N) is 4. The van der Waals surface area contributed by atoms with Gasteiger partial charge in [0, 0.05) is 4.88 Å². The Balaban J connectivity index is 2.33. The van der Waals surface area contributed by atoms with Gasteiger partial charge >= 0.3 is 5.69 Å². The minimum Gasteiger partial charge on any atom is -0.258 e. The molecule has 2 aromatic heterocycles. The Hall–Kier alpha value is -2.20. The average Bonchev–Trinajstić information content (AvgIpc) is 2.85. The first-order valence-corrected chi connectivity index (χ1v) is 6.01. The van der Waals surface area contributed by atoms with E-state index in [9.17, 15) is 10.1 Å². The molecule has 7 heteroatoms. The summed E-state index contributed by atoms with van der Waals surface area (Å²) in [6.07, 6.45) is 0. The van der Waals surface area contributed by atoms with Crippen LogP contribution in [0.1, 0.15) is 21.1 Å². The highest BCUT2D eigenvalue weighted by Gasteiger charge is 2.21. The molecule has 0 aromatic carbocycles. The predicted molar refractivity (Wildman–Crippen MR) is 66.5 cm³/mol. The predicted octanol–water partition coefficient (Wildman–Crippen LogP) is 2.39. The van der Waals surface area contributed by atoms with Gasteiger partial charge in [0.1, 0.15) is 22.3 Å². The molecule has 0 fully saturated rings. The summed E-state index contributed by atoms with van der Waals surface area (Å²) in [4.78, 5) is 12.0. The molecular formula is C11H10N4O2S. The third-order valence-corrected chi connectivity index (χ3v) is 3.58. The quantitative estimate of drug-likeness (QED) is 0.628. The van der Waals surface area contributed by atoms with Crippen LogP contribution < -0.4 is 0 Å². The molecular weight excluding hydrogens is 252 g/mol. The Bertz CT molecular complexity index is 651. The zero-order chi connectivity index (χ0) is 13.3. The van der Waals surface area contributed by atoms with E-state index in [1.807, 2.05) is 6.07 Å². The van der Waals surface area contributed by atoms with Gasteiger partial charge in [-0.1, -0.05) is 0 Å². The first kappa shape index (κ1) is 12.3. The lowest BCUT2D eigenvalue weighted by Gasteiger charge is -2.00. The van der Waals surface area contributed by atoms with E-state index in [2.05, 4.69) is 11.2 Å². The minimum atomic E-state index is -0.413. The molecule has 2 aromatic rings. The Labute approximate surface area is 107 Å². The van der Waals surface area contributed by atoms with E-state index in [1.165, 1.54) is 11.3 Å². The Morgan fingerprint density at radius 3 is 2.78 bits per heavy atom. The summed E-state index contributed by atoms with van der Waals surface area (Å²) in [7, 11) is 0. The fourth-order valence-electron chi connectivity index (χ4n) is 1.78. The molecule has 0 aliphatic carbocycles. The van der Waals surface area contributed by atoms with Crippen molar-refractivity contribution in [2.75, 3.05) is 0 Å². The smallest absolute Gasteiger partial charge is 0.258 e. The summed E-state index contributed by atoms with van der Waals surface area (Å²) >= 11 is 1.37. The van der Waals surface area contributed by atoms with Crippen LogP contribution >= 0.6 is 11.3 Å². The molecule has 0 unspecified atom stereocenters. The number of nitro groups is 1. The number of hydrogen-bond acceptors (Lipinski definition) is 5. The number of thiophene rings is 1. The second-order valence-electron chi connectivity index (χ2n) is 3.81. The Kier molecular flexibility index (Phi) is 3.12. The summed E-state index contributed by atoms with van der Waals surface area (Å²) in [5.74, 6) is 0. The normalized spacial score (nSPS) is 10.3. The summed E-state index contributed by atoms with van der Waals surface area (Å²) in [6.45, 7) is 3.75. The molecule has 2 rings (SSSR count). The maximum atomic E-state index is 10.9. The van der Waals surface area contributed by atoms with E-state index in [0.717, 1.165) is 4.88 Å². The highest BCUT2D eigenvalue weighted by Crippen LogP contribution is 2.24. The minimum absolute atomic E-state index is 0.0621. The van der Waals surface area contributed by atoms with Crippen LogP contribution in [0.25, 0.3) is 0 Å². The van der Waals surface area contributed by atoms with E-state index in [0.29, 0.717) is 22.8 Å². The summed E-state index contributed by atoms with van der Waals surface area (Å²) in [5, 5.41) is 23.8. The zero-order valence-corrected chi connectivity index (χ0v) is 10.7. The van der Waals surface area contributed by atoms with E-state index in [-0.39, 0.29) is 5.69 Å². The topological polar surface area (TPSA) is 84.8 Å². The average molecular weight is 262 g/mol. The molecule has 0 amide bonds. The molecule has 0 aliphatic heterocycles. The van der Waals surface area contributed by atoms with Gasteiger partial charge in [-0.25, -0.2) is 0 Å². The van der Waals surface area contributed by atoms with E-state index in [1.54, 1.807) is 24.6 Å². The van der Waals surface area contributed by atoms with E-state index < -0.39 is 4.92 Å². The summed E-state index contributed by atoms with van der Waals surface area (Å²) < 4.78 is 1.60. The molecule has 0 spiro atoms. The number of nitriles is 1. The van der Waals surface area contributed by atoms with Gasteiger partial charge in [0.15, 0.2) is 0 Å². The van der Waals surface area contributed by atoms with Gasteiger partial charge in [-0.15, -0.1) is 11.3 Å². The van der Waals surface area contributed by atoms with Crippen molar-refractivity contribution >= 4 is 17.0 Å². The van der Waals surface area contributed by atoms with E-state index in [4.69, 9.17) is 5.26 Å². The van der Waals surface area contributed by atoms with Crippen molar-refractivity contribution in [2.24, 2.45) is 0 Å². The fourth-order valence-corrected chi connectivity index (χ4v) is 2.56. The molecule has 0 saturated carbocycles. The van der Waals surface area contributed by atoms with Crippen molar-refractivity contribution in [3.8, 4) is 6.07 Å². The fraction of sp³-hybridized carbons (Fsp3) is 0.273. The molecule has 0 saturated heterocycles. The van der Waals surface area contributed by atoms with Gasteiger partial charge in [-0.2, -0.15) is 10.4 Å². The van der Waals surface area contributed by atoms with Gasteiger partial charge in [-0.05, 0) is 26.0 Å². The van der Waals surface area contributed by atoms with Crippen LogP contribution in [0.3, 0.4) is 0 Å². The van der Waals surface area contributed by atoms with Crippen LogP contribution in [0.4, 0.5) is 5.69 Å². The summed E-state index contributed by atoms with van der Waals surface area (Å²) in [6, 6.07) is 5.64. The molecule has 18 heavy (non-hydrogen) atoms. The Morgan fingerprint density at radius 1 is 1.56 bits per heavy atom. The van der Waals surface area contributed by atoms with Crippen molar-refractivity contribution in [3.05, 3.63) is 43.4 Å². The molecule has 0 radical (unpaired) electrons. The first-order chi connectivity index (χ1) is 8.52. The van der Waals surface area contributed by atoms with Crippen LogP contribution in [0, 0.1) is 35.3 Å². The lowest BCUT2D eigenvalue weighted by atomic mass is 10.3. The molecule has 6 nitrogen and oxygen atoms in total. The number of aromatic nitrogens is 2. The second kappa shape index (κ2) is 4.58. The van der Waals surface area contributed by atoms with Crippen LogP contribution in [0.15, 0.2) is 12.1 Å². The lowest BCUT2D eigenvalue weighted by Crippen LogP contribution is -2.02. The molecule has 2 heterocycles. The zero-order valence-electron chi connectivity index (χ0n) is 9.88. The SMILES string of the molecule is Cc1nn(Cc2ccc(C#N)s2)c(C)c1[N+](=O)[O-]. The standard InChI is InChI=1S/C11H10N4O2S/c1-7-11(15(16)17)8(2)14(13-7)6-10-4-3-9(5-12)18-10/h3-4H,6H2,1-2H3. The highest BCUT2D eigenvalue weighted by molar-refractivity contribution is 7.12. The first-order valence-electron chi connectivity index (χ1n) is 5.20. The molecule has 0 bridgehead atoms. The second-order valence-corrected chi connectivity index (χ2v) is 4.98. The number of rotatable bonds is 3. The van der Waals surface area contributed by atoms with Crippen molar-refractivity contribution in [3.63, 3.8) is 0 Å². The maximum absolute atomic E-state index is 10.9. The highest BCUT2D eigenvalue weighted by atomic mass is 32.1. The Morgan fingerprint density at radius 2 is 2.28 bits per heavy atom.